The fourth-order valence-corrected chi connectivity index (χ4v) is 2.20. The number of rotatable bonds is 6. The van der Waals surface area contributed by atoms with Gasteiger partial charge in [0.1, 0.15) is 0 Å². The maximum atomic E-state index is 12.4. The van der Waals surface area contributed by atoms with Crippen molar-refractivity contribution in [1.82, 2.24) is 4.90 Å². The molecule has 22 heavy (non-hydrogen) atoms. The third-order valence-electron chi connectivity index (χ3n) is 3.45. The van der Waals surface area contributed by atoms with E-state index in [2.05, 4.69) is 0 Å². The summed E-state index contributed by atoms with van der Waals surface area (Å²) in [6, 6.07) is 15.9. The van der Waals surface area contributed by atoms with Crippen molar-refractivity contribution in [1.29, 1.82) is 0 Å². The number of hydrogen-bond acceptors (Lipinski definition) is 3. The zero-order chi connectivity index (χ0) is 15.9. The molecule has 5 nitrogen and oxygen atoms in total. The molecule has 0 heterocycles. The lowest BCUT2D eigenvalue weighted by Crippen LogP contribution is -2.31. The molecule has 0 aliphatic rings. The summed E-state index contributed by atoms with van der Waals surface area (Å²) >= 11 is 0. The van der Waals surface area contributed by atoms with Crippen LogP contribution in [0.5, 0.6) is 0 Å². The maximum absolute atomic E-state index is 12.4. The summed E-state index contributed by atoms with van der Waals surface area (Å²) in [5.41, 5.74) is 1.90. The van der Waals surface area contributed by atoms with Crippen molar-refractivity contribution < 1.29 is 9.72 Å². The lowest BCUT2D eigenvalue weighted by Gasteiger charge is -2.21. The fraction of sp³-hybridized carbons (Fsp3) is 0.235. The highest BCUT2D eigenvalue weighted by molar-refractivity contribution is 5.78. The average molecular weight is 298 g/mol. The average Bonchev–Trinajstić information content (AvgIpc) is 2.54. The Morgan fingerprint density at radius 2 is 1.68 bits per heavy atom. The van der Waals surface area contributed by atoms with E-state index in [-0.39, 0.29) is 18.0 Å². The molecule has 0 aliphatic carbocycles. The summed E-state index contributed by atoms with van der Waals surface area (Å²) in [4.78, 5) is 24.3. The van der Waals surface area contributed by atoms with Gasteiger partial charge >= 0.3 is 0 Å². The molecule has 0 aliphatic heterocycles. The van der Waals surface area contributed by atoms with Crippen LogP contribution in [-0.2, 0) is 17.8 Å². The SMILES string of the molecule is CCN(Cc1ccccc1)C(=O)Cc1ccc([N+](=O)[O-])cc1. The highest BCUT2D eigenvalue weighted by Crippen LogP contribution is 2.13. The summed E-state index contributed by atoms with van der Waals surface area (Å²) in [6.07, 6.45) is 0.249. The van der Waals surface area contributed by atoms with Gasteiger partial charge in [0.2, 0.25) is 5.91 Å². The second-order valence-electron chi connectivity index (χ2n) is 4.99. The number of nitrogens with zero attached hydrogens (tertiary/aromatic N) is 2. The van der Waals surface area contributed by atoms with E-state index in [4.69, 9.17) is 0 Å². The maximum Gasteiger partial charge on any atom is 0.269 e. The molecule has 0 fully saturated rings. The van der Waals surface area contributed by atoms with Crippen LogP contribution in [0.4, 0.5) is 5.69 Å². The first-order valence-electron chi connectivity index (χ1n) is 7.15. The minimum absolute atomic E-state index is 0.0141. The van der Waals surface area contributed by atoms with Crippen LogP contribution in [0.3, 0.4) is 0 Å². The summed E-state index contributed by atoms with van der Waals surface area (Å²) < 4.78 is 0. The number of hydrogen-bond donors (Lipinski definition) is 0. The van der Waals surface area contributed by atoms with Crippen molar-refractivity contribution in [3.05, 3.63) is 75.8 Å². The number of carbonyl (C=O) groups excluding carboxylic acids is 1. The standard InChI is InChI=1S/C17H18N2O3/c1-2-18(13-15-6-4-3-5-7-15)17(20)12-14-8-10-16(11-9-14)19(21)22/h3-11H,2,12-13H2,1H3. The smallest absolute Gasteiger partial charge is 0.269 e. The van der Waals surface area contributed by atoms with Gasteiger partial charge in [-0.3, -0.25) is 14.9 Å². The molecule has 5 heteroatoms. The van der Waals surface area contributed by atoms with Gasteiger partial charge in [0, 0.05) is 25.2 Å². The van der Waals surface area contributed by atoms with Gasteiger partial charge in [-0.05, 0) is 18.1 Å². The molecule has 1 amide bonds. The molecule has 0 N–H and O–H groups in total. The third kappa shape index (κ3) is 4.15. The van der Waals surface area contributed by atoms with Crippen LogP contribution in [0, 0.1) is 10.1 Å². The fourth-order valence-electron chi connectivity index (χ4n) is 2.20. The van der Waals surface area contributed by atoms with Crippen molar-refractivity contribution in [2.24, 2.45) is 0 Å². The largest absolute Gasteiger partial charge is 0.338 e. The Kier molecular flexibility index (Phi) is 5.25. The normalized spacial score (nSPS) is 10.2. The van der Waals surface area contributed by atoms with Gasteiger partial charge in [-0.1, -0.05) is 42.5 Å². The number of benzene rings is 2. The Morgan fingerprint density at radius 3 is 2.23 bits per heavy atom. The molecule has 0 radical (unpaired) electrons. The van der Waals surface area contributed by atoms with Gasteiger partial charge in [-0.25, -0.2) is 0 Å². The van der Waals surface area contributed by atoms with Gasteiger partial charge in [-0.2, -0.15) is 0 Å². The molecular weight excluding hydrogens is 280 g/mol. The van der Waals surface area contributed by atoms with Crippen LogP contribution in [0.1, 0.15) is 18.1 Å². The van der Waals surface area contributed by atoms with E-state index >= 15 is 0 Å². The van der Waals surface area contributed by atoms with Crippen molar-refractivity contribution >= 4 is 11.6 Å². The second-order valence-corrected chi connectivity index (χ2v) is 4.99. The minimum atomic E-state index is -0.445. The lowest BCUT2D eigenvalue weighted by atomic mass is 10.1. The summed E-state index contributed by atoms with van der Waals surface area (Å²) in [5, 5.41) is 10.6. The van der Waals surface area contributed by atoms with Crippen LogP contribution in [0.15, 0.2) is 54.6 Å². The molecule has 0 bridgehead atoms. The Hall–Kier alpha value is -2.69. The number of nitro groups is 1. The molecule has 2 aromatic rings. The molecule has 2 aromatic carbocycles. The Morgan fingerprint density at radius 1 is 1.05 bits per heavy atom. The molecule has 0 unspecified atom stereocenters. The van der Waals surface area contributed by atoms with E-state index in [1.165, 1.54) is 12.1 Å². The molecule has 0 atom stereocenters. The predicted octanol–water partition coefficient (Wildman–Crippen LogP) is 3.19. The molecule has 0 saturated carbocycles. The highest BCUT2D eigenvalue weighted by Gasteiger charge is 2.13. The Bertz CT molecular complexity index is 639. The first kappa shape index (κ1) is 15.7. The summed E-state index contributed by atoms with van der Waals surface area (Å²) in [5.74, 6) is 0.0141. The van der Waals surface area contributed by atoms with Crippen LogP contribution in [-0.4, -0.2) is 22.3 Å². The van der Waals surface area contributed by atoms with Crippen LogP contribution in [0.2, 0.25) is 0 Å². The molecule has 0 aromatic heterocycles. The van der Waals surface area contributed by atoms with E-state index in [0.717, 1.165) is 11.1 Å². The number of amides is 1. The van der Waals surface area contributed by atoms with E-state index in [1.54, 1.807) is 17.0 Å². The lowest BCUT2D eigenvalue weighted by molar-refractivity contribution is -0.384. The van der Waals surface area contributed by atoms with Crippen LogP contribution < -0.4 is 0 Å². The van der Waals surface area contributed by atoms with Gasteiger partial charge in [0.25, 0.3) is 5.69 Å². The molecular formula is C17H18N2O3. The van der Waals surface area contributed by atoms with Gasteiger partial charge < -0.3 is 4.90 Å². The summed E-state index contributed by atoms with van der Waals surface area (Å²) in [6.45, 7) is 3.14. The van der Waals surface area contributed by atoms with Crippen LogP contribution >= 0.6 is 0 Å². The topological polar surface area (TPSA) is 63.5 Å². The molecule has 2 rings (SSSR count). The van der Waals surface area contributed by atoms with E-state index in [0.29, 0.717) is 13.1 Å². The first-order chi connectivity index (χ1) is 10.6. The monoisotopic (exact) mass is 298 g/mol. The highest BCUT2D eigenvalue weighted by atomic mass is 16.6. The Balaban J connectivity index is 2.01. The van der Waals surface area contributed by atoms with Gasteiger partial charge in [0.05, 0.1) is 11.3 Å². The van der Waals surface area contributed by atoms with Gasteiger partial charge in [-0.15, -0.1) is 0 Å². The van der Waals surface area contributed by atoms with Crippen LogP contribution in [0.25, 0.3) is 0 Å². The Labute approximate surface area is 129 Å². The van der Waals surface area contributed by atoms with E-state index in [1.807, 2.05) is 37.3 Å². The summed E-state index contributed by atoms with van der Waals surface area (Å²) in [7, 11) is 0. The zero-order valence-electron chi connectivity index (χ0n) is 12.4. The molecule has 0 saturated heterocycles. The second kappa shape index (κ2) is 7.36. The number of nitro benzene ring substituents is 1. The third-order valence-corrected chi connectivity index (χ3v) is 3.45. The van der Waals surface area contributed by atoms with E-state index in [9.17, 15) is 14.9 Å². The minimum Gasteiger partial charge on any atom is -0.338 e. The first-order valence-corrected chi connectivity index (χ1v) is 7.15. The number of carbonyl (C=O) groups is 1. The van der Waals surface area contributed by atoms with Gasteiger partial charge in [0.15, 0.2) is 0 Å². The van der Waals surface area contributed by atoms with Crippen molar-refractivity contribution in [2.45, 2.75) is 19.9 Å². The predicted molar refractivity (Wildman–Crippen MR) is 84.3 cm³/mol. The molecule has 0 spiro atoms. The number of non-ortho nitro benzene ring substituents is 1. The van der Waals surface area contributed by atoms with Crippen molar-refractivity contribution in [3.63, 3.8) is 0 Å². The van der Waals surface area contributed by atoms with E-state index < -0.39 is 4.92 Å². The van der Waals surface area contributed by atoms with Crippen molar-refractivity contribution in [3.8, 4) is 0 Å². The molecule has 114 valence electrons. The van der Waals surface area contributed by atoms with Crippen molar-refractivity contribution in [2.75, 3.05) is 6.54 Å². The zero-order valence-corrected chi connectivity index (χ0v) is 12.4. The number of likely N-dealkylation sites (N-methyl/N-ethyl adjacent to an activating group) is 1. The quantitative estimate of drug-likeness (QED) is 0.607.